The van der Waals surface area contributed by atoms with E-state index in [-0.39, 0.29) is 28.9 Å². The Kier molecular flexibility index (Phi) is 3.03. The van der Waals surface area contributed by atoms with E-state index in [1.165, 1.54) is 12.7 Å². The summed E-state index contributed by atoms with van der Waals surface area (Å²) in [5, 5.41) is 3.65. The quantitative estimate of drug-likeness (QED) is 0.624. The molecular weight excluding hydrogens is 356 g/mol. The van der Waals surface area contributed by atoms with Crippen molar-refractivity contribution in [1.82, 2.24) is 4.90 Å². The number of rotatable bonds is 2. The van der Waals surface area contributed by atoms with Crippen LogP contribution in [-0.2, 0) is 24.4 Å². The Bertz CT molecular complexity index is 918. The highest BCUT2D eigenvalue weighted by atomic mass is 16.6. The number of ether oxygens (including phenoxy) is 3. The number of nitrogens with one attached hydrogen (secondary N) is 1. The molecule has 1 aromatic carbocycles. The van der Waals surface area contributed by atoms with E-state index in [0.29, 0.717) is 6.42 Å². The summed E-state index contributed by atoms with van der Waals surface area (Å²) in [5.74, 6) is -0.353. The lowest BCUT2D eigenvalue weighted by Crippen LogP contribution is -2.78. The van der Waals surface area contributed by atoms with Crippen LogP contribution in [0.3, 0.4) is 0 Å². The van der Waals surface area contributed by atoms with Gasteiger partial charge < -0.3 is 19.5 Å². The zero-order valence-electron chi connectivity index (χ0n) is 16.5. The van der Waals surface area contributed by atoms with Gasteiger partial charge in [0.2, 0.25) is 5.60 Å². The van der Waals surface area contributed by atoms with Crippen LogP contribution in [0.4, 0.5) is 5.69 Å². The minimum absolute atomic E-state index is 0.114. The lowest BCUT2D eigenvalue weighted by Gasteiger charge is -2.60. The van der Waals surface area contributed by atoms with Gasteiger partial charge in [-0.2, -0.15) is 0 Å². The molecule has 1 aliphatic carbocycles. The third kappa shape index (κ3) is 1.42. The van der Waals surface area contributed by atoms with Crippen LogP contribution in [0, 0.1) is 5.41 Å². The lowest BCUT2D eigenvalue weighted by atomic mass is 9.49. The summed E-state index contributed by atoms with van der Waals surface area (Å²) < 4.78 is 18.4. The summed E-state index contributed by atoms with van der Waals surface area (Å²) in [5.41, 5.74) is -0.582. The monoisotopic (exact) mass is 382 g/mol. The maximum atomic E-state index is 13.4. The molecule has 1 unspecified atom stereocenters. The summed E-state index contributed by atoms with van der Waals surface area (Å²) in [6, 6.07) is 8.59. The van der Waals surface area contributed by atoms with Crippen LogP contribution in [-0.4, -0.2) is 61.7 Å². The van der Waals surface area contributed by atoms with Crippen LogP contribution in [0.15, 0.2) is 36.4 Å². The van der Waals surface area contributed by atoms with Gasteiger partial charge in [0.15, 0.2) is 5.72 Å². The fourth-order valence-corrected chi connectivity index (χ4v) is 7.55. The highest BCUT2D eigenvalue weighted by Crippen LogP contribution is 2.73. The van der Waals surface area contributed by atoms with Crippen LogP contribution < -0.4 is 5.32 Å². The van der Waals surface area contributed by atoms with Crippen molar-refractivity contribution in [3.63, 3.8) is 0 Å². The van der Waals surface area contributed by atoms with Crippen molar-refractivity contribution in [2.24, 2.45) is 5.41 Å². The van der Waals surface area contributed by atoms with Gasteiger partial charge in [0.25, 0.3) is 0 Å². The highest BCUT2D eigenvalue weighted by molar-refractivity contribution is 5.87. The number of nitrogens with zero attached hydrogens (tertiary/aromatic N) is 1. The maximum Gasteiger partial charge on any atom is 0.343 e. The second-order valence-corrected chi connectivity index (χ2v) is 8.94. The third-order valence-corrected chi connectivity index (χ3v) is 8.33. The average molecular weight is 382 g/mol. The van der Waals surface area contributed by atoms with Crippen LogP contribution in [0.25, 0.3) is 0 Å². The molecule has 6 heteroatoms. The molecule has 5 aliphatic rings. The lowest BCUT2D eigenvalue weighted by molar-refractivity contribution is -0.225. The van der Waals surface area contributed by atoms with Crippen LogP contribution >= 0.6 is 0 Å². The Morgan fingerprint density at radius 1 is 1.32 bits per heavy atom. The molecule has 6 rings (SSSR count). The van der Waals surface area contributed by atoms with E-state index in [0.717, 1.165) is 25.2 Å². The molecule has 28 heavy (non-hydrogen) atoms. The van der Waals surface area contributed by atoms with Gasteiger partial charge in [0, 0.05) is 37.2 Å². The molecule has 6 atom stereocenters. The van der Waals surface area contributed by atoms with E-state index in [1.54, 1.807) is 7.11 Å². The fraction of sp³-hybridized carbons (Fsp3) is 0.591. The Morgan fingerprint density at radius 2 is 2.14 bits per heavy atom. The van der Waals surface area contributed by atoms with Gasteiger partial charge in [-0.1, -0.05) is 30.4 Å². The van der Waals surface area contributed by atoms with Gasteiger partial charge in [-0.25, -0.2) is 4.79 Å². The van der Waals surface area contributed by atoms with Crippen molar-refractivity contribution in [2.45, 2.75) is 48.7 Å². The zero-order chi connectivity index (χ0) is 19.4. The van der Waals surface area contributed by atoms with Gasteiger partial charge in [0.1, 0.15) is 0 Å². The predicted molar refractivity (Wildman–Crippen MR) is 103 cm³/mol. The average Bonchev–Trinajstić information content (AvgIpc) is 3.34. The molecule has 0 aromatic heterocycles. The number of carbonyl (C=O) groups excluding carboxylic acids is 1. The number of fused-ring (bicyclic) bond motifs is 3. The number of carbonyl (C=O) groups is 1. The molecule has 0 radical (unpaired) electrons. The molecule has 3 fully saturated rings. The summed E-state index contributed by atoms with van der Waals surface area (Å²) in [6.45, 7) is 4.00. The van der Waals surface area contributed by atoms with E-state index < -0.39 is 11.3 Å². The molecular formula is C22H26N2O4. The summed E-state index contributed by atoms with van der Waals surface area (Å²) >= 11 is 0. The van der Waals surface area contributed by atoms with Crippen LogP contribution in [0.5, 0.6) is 0 Å². The van der Waals surface area contributed by atoms with Gasteiger partial charge in [-0.15, -0.1) is 0 Å². The predicted octanol–water partition coefficient (Wildman–Crippen LogP) is 2.06. The molecule has 1 saturated carbocycles. The SMILES string of the molecule is COC(=O)C12C[C@]3(C=CCN4CC[C@@]5(c6ccccc6N[C@@]15OC)[C@@H]43)[C@H](C)O2. The van der Waals surface area contributed by atoms with E-state index in [9.17, 15) is 4.79 Å². The van der Waals surface area contributed by atoms with E-state index in [1.807, 2.05) is 6.07 Å². The van der Waals surface area contributed by atoms with Crippen molar-refractivity contribution >= 4 is 11.7 Å². The number of esters is 1. The minimum Gasteiger partial charge on any atom is -0.467 e. The van der Waals surface area contributed by atoms with Gasteiger partial charge in [-0.3, -0.25) is 4.90 Å². The molecule has 2 bridgehead atoms. The molecule has 4 aliphatic heterocycles. The Hall–Kier alpha value is -1.89. The molecule has 1 N–H and O–H groups in total. The summed E-state index contributed by atoms with van der Waals surface area (Å²) in [7, 11) is 3.14. The molecule has 6 nitrogen and oxygen atoms in total. The second kappa shape index (κ2) is 4.99. The van der Waals surface area contributed by atoms with E-state index in [4.69, 9.17) is 14.2 Å². The molecule has 2 spiro atoms. The van der Waals surface area contributed by atoms with Crippen molar-refractivity contribution in [3.8, 4) is 0 Å². The molecule has 4 heterocycles. The van der Waals surface area contributed by atoms with E-state index >= 15 is 0 Å². The first-order valence-corrected chi connectivity index (χ1v) is 10.1. The summed E-state index contributed by atoms with van der Waals surface area (Å²) in [6.07, 6.45) is 5.92. The summed E-state index contributed by atoms with van der Waals surface area (Å²) in [4.78, 5) is 15.9. The van der Waals surface area contributed by atoms with Gasteiger partial charge >= 0.3 is 5.97 Å². The first kappa shape index (κ1) is 17.0. The number of methoxy groups -OCH3 is 2. The van der Waals surface area contributed by atoms with Gasteiger partial charge in [-0.05, 0) is 31.5 Å². The molecule has 148 valence electrons. The Morgan fingerprint density at radius 3 is 2.93 bits per heavy atom. The fourth-order valence-electron chi connectivity index (χ4n) is 7.55. The zero-order valence-corrected chi connectivity index (χ0v) is 16.5. The highest BCUT2D eigenvalue weighted by Gasteiger charge is 2.87. The number of hydrogen-bond donors (Lipinski definition) is 1. The van der Waals surface area contributed by atoms with Crippen LogP contribution in [0.1, 0.15) is 25.3 Å². The number of anilines is 1. The number of hydrogen-bond acceptors (Lipinski definition) is 6. The second-order valence-electron chi connectivity index (χ2n) is 8.94. The van der Waals surface area contributed by atoms with Crippen molar-refractivity contribution < 1.29 is 19.0 Å². The number of para-hydroxylation sites is 1. The van der Waals surface area contributed by atoms with Gasteiger partial charge in [0.05, 0.1) is 18.6 Å². The molecule has 2 saturated heterocycles. The Labute approximate surface area is 164 Å². The maximum absolute atomic E-state index is 13.4. The molecule has 0 amide bonds. The normalized spacial score (nSPS) is 47.2. The van der Waals surface area contributed by atoms with Crippen molar-refractivity contribution in [1.29, 1.82) is 0 Å². The first-order valence-electron chi connectivity index (χ1n) is 10.1. The van der Waals surface area contributed by atoms with Crippen molar-refractivity contribution in [3.05, 3.63) is 42.0 Å². The third-order valence-electron chi connectivity index (χ3n) is 8.33. The first-order chi connectivity index (χ1) is 13.5. The molecule has 1 aromatic rings. The largest absolute Gasteiger partial charge is 0.467 e. The topological polar surface area (TPSA) is 60.0 Å². The van der Waals surface area contributed by atoms with Crippen LogP contribution in [0.2, 0.25) is 0 Å². The van der Waals surface area contributed by atoms with E-state index in [2.05, 4.69) is 47.5 Å². The van der Waals surface area contributed by atoms with Crippen molar-refractivity contribution in [2.75, 3.05) is 32.6 Å². The Balaban J connectivity index is 1.74. The standard InChI is InChI=1S/C22H26N2O4/c1-14-19-9-6-11-24-12-10-20(17(19)24)15-7-4-5-8-16(15)23-22(20,27-3)21(13-19,28-14)18(25)26-2/h4-9,14,17,23H,10-13H2,1-3H3/t14-,17-,19+,20+,21?,22-/m0/s1. The number of benzene rings is 1. The smallest absolute Gasteiger partial charge is 0.343 e. The minimum atomic E-state index is -1.21.